The molecule has 25 heavy (non-hydrogen) atoms. The number of aromatic nitrogens is 2. The van der Waals surface area contributed by atoms with Gasteiger partial charge in [-0.25, -0.2) is 9.37 Å². The van der Waals surface area contributed by atoms with Gasteiger partial charge in [-0.05, 0) is 36.4 Å². The molecule has 0 atom stereocenters. The number of nitrogens with one attached hydrogen (secondary N) is 2. The largest absolute Gasteiger partial charge is 0.486 e. The number of pyridine rings is 2. The first-order chi connectivity index (χ1) is 12.2. The fourth-order valence-electron chi connectivity index (χ4n) is 2.64. The van der Waals surface area contributed by atoms with E-state index in [1.54, 1.807) is 24.5 Å². The Morgan fingerprint density at radius 1 is 1.16 bits per heavy atom. The summed E-state index contributed by atoms with van der Waals surface area (Å²) in [7, 11) is 0. The monoisotopic (exact) mass is 356 g/mol. The lowest BCUT2D eigenvalue weighted by Gasteiger charge is -2.22. The summed E-state index contributed by atoms with van der Waals surface area (Å²) in [6, 6.07) is 9.83. The molecule has 0 saturated heterocycles. The maximum absolute atomic E-state index is 14.3. The lowest BCUT2D eigenvalue weighted by Crippen LogP contribution is -2.20. The number of rotatable bonds is 3. The van der Waals surface area contributed by atoms with Crippen molar-refractivity contribution < 1.29 is 9.13 Å². The average molecular weight is 357 g/mol. The topological polar surface area (TPSA) is 59.1 Å². The van der Waals surface area contributed by atoms with Crippen molar-refractivity contribution in [2.45, 2.75) is 0 Å². The van der Waals surface area contributed by atoms with Gasteiger partial charge in [-0.2, -0.15) is 0 Å². The zero-order chi connectivity index (χ0) is 17.2. The number of halogens is 2. The number of ether oxygens (including phenoxy) is 1. The van der Waals surface area contributed by atoms with Gasteiger partial charge < -0.3 is 15.4 Å². The van der Waals surface area contributed by atoms with Gasteiger partial charge in [0.15, 0.2) is 11.6 Å². The van der Waals surface area contributed by atoms with E-state index in [-0.39, 0.29) is 5.82 Å². The smallest absolute Gasteiger partial charge is 0.185 e. The summed E-state index contributed by atoms with van der Waals surface area (Å²) in [5, 5.41) is 6.91. The summed E-state index contributed by atoms with van der Waals surface area (Å²) in [6.07, 6.45) is 3.37. The first kappa shape index (κ1) is 15.7. The highest BCUT2D eigenvalue weighted by molar-refractivity contribution is 6.30. The predicted molar refractivity (Wildman–Crippen MR) is 96.1 cm³/mol. The molecular weight excluding hydrogens is 343 g/mol. The van der Waals surface area contributed by atoms with Crippen LogP contribution < -0.4 is 15.4 Å². The van der Waals surface area contributed by atoms with E-state index < -0.39 is 0 Å². The zero-order valence-corrected chi connectivity index (χ0v) is 13.8. The van der Waals surface area contributed by atoms with Crippen LogP contribution in [-0.2, 0) is 0 Å². The molecule has 0 bridgehead atoms. The van der Waals surface area contributed by atoms with E-state index >= 15 is 0 Å². The molecule has 3 aromatic rings. The fraction of sp³-hybridized carbons (Fsp3) is 0.111. The molecule has 0 radical (unpaired) electrons. The van der Waals surface area contributed by atoms with Crippen LogP contribution in [0.4, 0.5) is 21.6 Å². The number of nitrogens with zero attached hydrogens (tertiary/aromatic N) is 2. The molecule has 1 aliphatic rings. The lowest BCUT2D eigenvalue weighted by molar-refractivity contribution is 0.323. The molecule has 0 fully saturated rings. The van der Waals surface area contributed by atoms with Crippen LogP contribution >= 0.6 is 11.6 Å². The number of fused-ring (bicyclic) bond motifs is 1. The van der Waals surface area contributed by atoms with Gasteiger partial charge in [-0.3, -0.25) is 4.98 Å². The Labute approximate surface area is 148 Å². The molecule has 2 aromatic heterocycles. The van der Waals surface area contributed by atoms with Crippen LogP contribution in [0.5, 0.6) is 5.75 Å². The van der Waals surface area contributed by atoms with Crippen LogP contribution in [0.15, 0.2) is 48.8 Å². The van der Waals surface area contributed by atoms with Crippen LogP contribution in [0.1, 0.15) is 0 Å². The third-order valence-electron chi connectivity index (χ3n) is 3.78. The SMILES string of the molecule is Fc1ccc(Cl)cc1-c1cc(Nc2ccncc2)c2c(n1)NCCO2. The Hall–Kier alpha value is -2.86. The van der Waals surface area contributed by atoms with Gasteiger partial charge in [0.1, 0.15) is 12.4 Å². The van der Waals surface area contributed by atoms with Crippen molar-refractivity contribution in [3.63, 3.8) is 0 Å². The third-order valence-corrected chi connectivity index (χ3v) is 4.01. The first-order valence-electron chi connectivity index (χ1n) is 7.75. The van der Waals surface area contributed by atoms with E-state index in [1.165, 1.54) is 12.1 Å². The van der Waals surface area contributed by atoms with E-state index in [9.17, 15) is 4.39 Å². The number of benzene rings is 1. The molecule has 0 saturated carbocycles. The van der Waals surface area contributed by atoms with Gasteiger partial charge in [0.2, 0.25) is 0 Å². The maximum atomic E-state index is 14.3. The van der Waals surface area contributed by atoms with Crippen LogP contribution in [-0.4, -0.2) is 23.1 Å². The summed E-state index contributed by atoms with van der Waals surface area (Å²) in [6.45, 7) is 1.17. The second-order valence-electron chi connectivity index (χ2n) is 5.49. The van der Waals surface area contributed by atoms with Crippen molar-refractivity contribution in [3.8, 4) is 17.0 Å². The molecule has 1 aromatic carbocycles. The molecule has 4 rings (SSSR count). The lowest BCUT2D eigenvalue weighted by atomic mass is 10.1. The second-order valence-corrected chi connectivity index (χ2v) is 5.93. The minimum Gasteiger partial charge on any atom is -0.486 e. The van der Waals surface area contributed by atoms with Crippen molar-refractivity contribution >= 4 is 28.8 Å². The normalized spacial score (nSPS) is 12.7. The van der Waals surface area contributed by atoms with Crippen LogP contribution in [0, 0.1) is 5.82 Å². The predicted octanol–water partition coefficient (Wildman–Crippen LogP) is 4.48. The molecule has 126 valence electrons. The van der Waals surface area contributed by atoms with Gasteiger partial charge in [-0.15, -0.1) is 0 Å². The minimum absolute atomic E-state index is 0.334. The highest BCUT2D eigenvalue weighted by Crippen LogP contribution is 2.39. The number of anilines is 3. The Morgan fingerprint density at radius 3 is 2.84 bits per heavy atom. The molecule has 0 spiro atoms. The summed E-state index contributed by atoms with van der Waals surface area (Å²) in [5.74, 6) is 0.789. The Bertz CT molecular complexity index is 920. The standard InChI is InChI=1S/C18H14ClFN4O/c19-11-1-2-14(20)13(9-11)15-10-16(23-12-3-5-21-6-4-12)17-18(24-15)22-7-8-25-17/h1-6,9-10H,7-8H2,(H2,21,22,23,24). The zero-order valence-electron chi connectivity index (χ0n) is 13.1. The minimum atomic E-state index is -0.386. The van der Waals surface area contributed by atoms with Crippen molar-refractivity contribution in [2.24, 2.45) is 0 Å². The summed E-state index contributed by atoms with van der Waals surface area (Å²) in [4.78, 5) is 8.50. The molecule has 7 heteroatoms. The second kappa shape index (κ2) is 6.57. The third kappa shape index (κ3) is 3.21. The van der Waals surface area contributed by atoms with Crippen LogP contribution in [0.3, 0.4) is 0 Å². The van der Waals surface area contributed by atoms with Gasteiger partial charge in [0, 0.05) is 28.7 Å². The van der Waals surface area contributed by atoms with Crippen molar-refractivity contribution in [1.82, 2.24) is 9.97 Å². The van der Waals surface area contributed by atoms with E-state index in [0.717, 1.165) is 5.69 Å². The molecule has 0 unspecified atom stereocenters. The molecule has 0 amide bonds. The average Bonchev–Trinajstić information content (AvgIpc) is 2.64. The molecule has 5 nitrogen and oxygen atoms in total. The van der Waals surface area contributed by atoms with Gasteiger partial charge >= 0.3 is 0 Å². The van der Waals surface area contributed by atoms with Crippen LogP contribution in [0.25, 0.3) is 11.3 Å². The van der Waals surface area contributed by atoms with E-state index in [0.29, 0.717) is 46.7 Å². The number of hydrogen-bond donors (Lipinski definition) is 2. The highest BCUT2D eigenvalue weighted by atomic mass is 35.5. The summed E-state index contributed by atoms with van der Waals surface area (Å²) in [5.41, 5.74) is 2.33. The summed E-state index contributed by atoms with van der Waals surface area (Å²) >= 11 is 6.02. The molecule has 1 aliphatic heterocycles. The van der Waals surface area contributed by atoms with E-state index in [1.807, 2.05) is 12.1 Å². The van der Waals surface area contributed by atoms with Crippen LogP contribution in [0.2, 0.25) is 5.02 Å². The van der Waals surface area contributed by atoms with Gasteiger partial charge in [-0.1, -0.05) is 11.6 Å². The summed E-state index contributed by atoms with van der Waals surface area (Å²) < 4.78 is 20.0. The Kier molecular flexibility index (Phi) is 4.11. The maximum Gasteiger partial charge on any atom is 0.185 e. The van der Waals surface area contributed by atoms with Crippen molar-refractivity contribution in [1.29, 1.82) is 0 Å². The van der Waals surface area contributed by atoms with Gasteiger partial charge in [0.05, 0.1) is 17.9 Å². The molecule has 2 N–H and O–H groups in total. The Balaban J connectivity index is 1.83. The quantitative estimate of drug-likeness (QED) is 0.724. The molecule has 3 heterocycles. The fourth-order valence-corrected chi connectivity index (χ4v) is 2.81. The molecule has 0 aliphatic carbocycles. The molecular formula is C18H14ClFN4O. The Morgan fingerprint density at radius 2 is 2.00 bits per heavy atom. The number of hydrogen-bond acceptors (Lipinski definition) is 5. The van der Waals surface area contributed by atoms with Gasteiger partial charge in [0.25, 0.3) is 0 Å². The first-order valence-corrected chi connectivity index (χ1v) is 8.13. The van der Waals surface area contributed by atoms with Crippen molar-refractivity contribution in [3.05, 3.63) is 59.6 Å². The highest BCUT2D eigenvalue weighted by Gasteiger charge is 2.20. The van der Waals surface area contributed by atoms with Crippen molar-refractivity contribution in [2.75, 3.05) is 23.8 Å². The van der Waals surface area contributed by atoms with E-state index in [2.05, 4.69) is 20.6 Å². The van der Waals surface area contributed by atoms with E-state index in [4.69, 9.17) is 16.3 Å².